The molecule has 11 heteroatoms. The molecule has 0 aliphatic carbocycles. The van der Waals surface area contributed by atoms with Gasteiger partial charge in [-0.05, 0) is 56.7 Å². The lowest BCUT2D eigenvalue weighted by Gasteiger charge is -2.37. The van der Waals surface area contributed by atoms with Crippen LogP contribution in [0.25, 0.3) is 11.1 Å². The topological polar surface area (TPSA) is 155 Å². The summed E-state index contributed by atoms with van der Waals surface area (Å²) in [6.45, 7) is 6.20. The van der Waals surface area contributed by atoms with Crippen molar-refractivity contribution in [3.8, 4) is 11.1 Å². The Morgan fingerprint density at radius 3 is 2.30 bits per heavy atom. The van der Waals surface area contributed by atoms with E-state index < -0.39 is 21.1 Å². The van der Waals surface area contributed by atoms with Crippen LogP contribution in [0.1, 0.15) is 39.2 Å². The van der Waals surface area contributed by atoms with Crippen LogP contribution in [0, 0.1) is 0 Å². The zero-order valence-corrected chi connectivity index (χ0v) is 23.6. The van der Waals surface area contributed by atoms with Gasteiger partial charge in [-0.1, -0.05) is 47.6 Å². The van der Waals surface area contributed by atoms with E-state index in [0.29, 0.717) is 54.1 Å². The van der Waals surface area contributed by atoms with E-state index >= 15 is 0 Å². The van der Waals surface area contributed by atoms with Crippen molar-refractivity contribution in [2.75, 3.05) is 23.8 Å². The lowest BCUT2D eigenvalue weighted by atomic mass is 9.88. The van der Waals surface area contributed by atoms with Crippen molar-refractivity contribution in [2.24, 2.45) is 10.9 Å². The van der Waals surface area contributed by atoms with Crippen molar-refractivity contribution >= 4 is 33.1 Å². The molecule has 3 aromatic rings. The summed E-state index contributed by atoms with van der Waals surface area (Å²) >= 11 is 0. The summed E-state index contributed by atoms with van der Waals surface area (Å²) < 4.78 is 34.4. The fourth-order valence-electron chi connectivity index (χ4n) is 4.60. The molecule has 1 aliphatic rings. The third-order valence-corrected chi connectivity index (χ3v) is 8.32. The molecule has 0 aromatic heterocycles. The molecule has 40 heavy (non-hydrogen) atoms. The van der Waals surface area contributed by atoms with Gasteiger partial charge in [0.25, 0.3) is 0 Å². The number of hydrogen-bond donors (Lipinski definition) is 5. The number of carbonyl (C=O) groups excluding carboxylic acids is 1. The smallest absolute Gasteiger partial charge is 0.250 e. The Balaban J connectivity index is 1.57. The molecular formula is C29H35N5O5S. The van der Waals surface area contributed by atoms with Crippen LogP contribution in [-0.4, -0.2) is 49.7 Å². The molecule has 0 unspecified atom stereocenters. The van der Waals surface area contributed by atoms with Crippen LogP contribution in [0.15, 0.2) is 82.8 Å². The molecule has 0 bridgehead atoms. The van der Waals surface area contributed by atoms with Crippen LogP contribution in [0.4, 0.5) is 11.4 Å². The highest BCUT2D eigenvalue weighted by molar-refractivity contribution is 7.89. The van der Waals surface area contributed by atoms with Gasteiger partial charge in [0.15, 0.2) is 5.84 Å². The van der Waals surface area contributed by atoms with E-state index in [9.17, 15) is 13.2 Å². The Hall–Kier alpha value is -3.93. The van der Waals surface area contributed by atoms with Crippen molar-refractivity contribution in [1.29, 1.82) is 0 Å². The normalized spacial score (nSPS) is 15.8. The fourth-order valence-corrected chi connectivity index (χ4v) is 6.25. The molecular weight excluding hydrogens is 530 g/mol. The van der Waals surface area contributed by atoms with Gasteiger partial charge < -0.3 is 26.3 Å². The summed E-state index contributed by atoms with van der Waals surface area (Å²) in [7, 11) is -3.76. The summed E-state index contributed by atoms with van der Waals surface area (Å²) in [5.74, 6) is -0.257. The van der Waals surface area contributed by atoms with Gasteiger partial charge in [-0.2, -0.15) is 0 Å². The average Bonchev–Trinajstić information content (AvgIpc) is 2.92. The molecule has 1 fully saturated rings. The number of rotatable bonds is 8. The first-order chi connectivity index (χ1) is 18.9. The van der Waals surface area contributed by atoms with Crippen LogP contribution in [-0.2, 0) is 19.6 Å². The van der Waals surface area contributed by atoms with Crippen molar-refractivity contribution in [3.63, 3.8) is 0 Å². The van der Waals surface area contributed by atoms with Crippen molar-refractivity contribution in [3.05, 3.63) is 78.4 Å². The Bertz CT molecular complexity index is 1490. The van der Waals surface area contributed by atoms with E-state index in [-0.39, 0.29) is 16.6 Å². The van der Waals surface area contributed by atoms with E-state index in [2.05, 4.69) is 20.5 Å². The zero-order chi connectivity index (χ0) is 29.0. The Morgan fingerprint density at radius 2 is 1.65 bits per heavy atom. The standard InChI is InChI=1S/C29H35N5O5S/c1-28(2,3)34-40(37,38)25-10-5-4-9-24(25)20-11-13-22(14-12-20)31-27(35)29(15-17-39-18-16-29)32-23-8-6-7-21(19-23)26(30)33-36/h4-14,19,32,34,36H,15-18H2,1-3H3,(H2,30,33)(H,31,35). The van der Waals surface area contributed by atoms with Gasteiger partial charge in [0.1, 0.15) is 5.54 Å². The third-order valence-electron chi connectivity index (χ3n) is 6.50. The molecule has 1 saturated heterocycles. The van der Waals surface area contributed by atoms with Crippen molar-refractivity contribution in [2.45, 2.75) is 49.6 Å². The Morgan fingerprint density at radius 1 is 0.975 bits per heavy atom. The van der Waals surface area contributed by atoms with Crippen molar-refractivity contribution < 1.29 is 23.2 Å². The maximum atomic E-state index is 13.6. The number of amides is 1. The number of benzene rings is 3. The first-order valence-electron chi connectivity index (χ1n) is 12.9. The highest BCUT2D eigenvalue weighted by atomic mass is 32.2. The molecule has 1 aliphatic heterocycles. The maximum Gasteiger partial charge on any atom is 0.250 e. The number of ether oxygens (including phenoxy) is 1. The minimum atomic E-state index is -3.76. The first-order valence-corrected chi connectivity index (χ1v) is 14.4. The summed E-state index contributed by atoms with van der Waals surface area (Å²) in [5, 5.41) is 18.4. The van der Waals surface area contributed by atoms with Gasteiger partial charge in [-0.15, -0.1) is 0 Å². The summed E-state index contributed by atoms with van der Waals surface area (Å²) in [6.07, 6.45) is 0.882. The maximum absolute atomic E-state index is 13.6. The highest BCUT2D eigenvalue weighted by Gasteiger charge is 2.40. The highest BCUT2D eigenvalue weighted by Crippen LogP contribution is 2.31. The molecule has 10 nitrogen and oxygen atoms in total. The number of carbonyl (C=O) groups is 1. The van der Waals surface area contributed by atoms with E-state index in [0.717, 1.165) is 0 Å². The lowest BCUT2D eigenvalue weighted by Crippen LogP contribution is -2.53. The molecule has 0 saturated carbocycles. The number of hydrogen-bond acceptors (Lipinski definition) is 7. The van der Waals surface area contributed by atoms with E-state index in [1.807, 2.05) is 6.07 Å². The summed E-state index contributed by atoms with van der Waals surface area (Å²) in [6, 6.07) is 20.9. The van der Waals surface area contributed by atoms with Gasteiger partial charge >= 0.3 is 0 Å². The second-order valence-corrected chi connectivity index (χ2v) is 12.4. The van der Waals surface area contributed by atoms with Gasteiger partial charge in [0.05, 0.1) is 4.90 Å². The molecule has 6 N–H and O–H groups in total. The number of nitrogens with zero attached hydrogens (tertiary/aromatic N) is 1. The number of anilines is 2. The minimum Gasteiger partial charge on any atom is -0.409 e. The molecule has 3 aromatic carbocycles. The zero-order valence-electron chi connectivity index (χ0n) is 22.8. The number of oxime groups is 1. The molecule has 0 atom stereocenters. The number of nitrogens with one attached hydrogen (secondary N) is 3. The monoisotopic (exact) mass is 565 g/mol. The van der Waals surface area contributed by atoms with Gasteiger partial charge in [0.2, 0.25) is 15.9 Å². The van der Waals surface area contributed by atoms with E-state index in [1.165, 1.54) is 0 Å². The van der Waals surface area contributed by atoms with E-state index in [4.69, 9.17) is 15.7 Å². The largest absolute Gasteiger partial charge is 0.409 e. The number of nitrogens with two attached hydrogens (primary N) is 1. The molecule has 0 radical (unpaired) electrons. The van der Waals surface area contributed by atoms with Crippen LogP contribution >= 0.6 is 0 Å². The predicted octanol–water partition coefficient (Wildman–Crippen LogP) is 4.12. The van der Waals surface area contributed by atoms with Crippen molar-refractivity contribution in [1.82, 2.24) is 4.72 Å². The molecule has 4 rings (SSSR count). The van der Waals surface area contributed by atoms with E-state index in [1.54, 1.807) is 87.5 Å². The Kier molecular flexibility index (Phi) is 8.48. The SMILES string of the molecule is CC(C)(C)NS(=O)(=O)c1ccccc1-c1ccc(NC(=O)C2(Nc3cccc(C(N)=NO)c3)CCOCC2)cc1. The second kappa shape index (κ2) is 11.7. The second-order valence-electron chi connectivity index (χ2n) is 10.8. The quantitative estimate of drug-likeness (QED) is 0.119. The third kappa shape index (κ3) is 6.79. The number of sulfonamides is 1. The molecule has 1 heterocycles. The average molecular weight is 566 g/mol. The minimum absolute atomic E-state index is 0.0298. The first kappa shape index (κ1) is 29.1. The van der Waals surface area contributed by atoms with Gasteiger partial charge in [-0.25, -0.2) is 13.1 Å². The Labute approximate surface area is 234 Å². The van der Waals surface area contributed by atoms with Crippen LogP contribution in [0.3, 0.4) is 0 Å². The predicted molar refractivity (Wildman–Crippen MR) is 156 cm³/mol. The van der Waals surface area contributed by atoms with Gasteiger partial charge in [-0.3, -0.25) is 4.79 Å². The molecule has 0 spiro atoms. The fraction of sp³-hybridized carbons (Fsp3) is 0.310. The lowest BCUT2D eigenvalue weighted by molar-refractivity contribution is -0.123. The van der Waals surface area contributed by atoms with Gasteiger partial charge in [0, 0.05) is 54.1 Å². The number of amidine groups is 1. The van der Waals surface area contributed by atoms with Crippen LogP contribution in [0.5, 0.6) is 0 Å². The molecule has 212 valence electrons. The molecule has 1 amide bonds. The summed E-state index contributed by atoms with van der Waals surface area (Å²) in [5.41, 5.74) is 7.17. The van der Waals surface area contributed by atoms with Crippen LogP contribution in [0.2, 0.25) is 0 Å². The van der Waals surface area contributed by atoms with Crippen LogP contribution < -0.4 is 21.1 Å². The summed E-state index contributed by atoms with van der Waals surface area (Å²) in [4.78, 5) is 13.8.